The summed E-state index contributed by atoms with van der Waals surface area (Å²) in [6, 6.07) is 18.1. The van der Waals surface area contributed by atoms with Crippen molar-refractivity contribution in [3.05, 3.63) is 87.8 Å². The van der Waals surface area contributed by atoms with E-state index in [1.165, 1.54) is 4.90 Å². The van der Waals surface area contributed by atoms with Crippen molar-refractivity contribution < 1.29 is 18.7 Å². The van der Waals surface area contributed by atoms with Crippen LogP contribution in [0.4, 0.5) is 10.5 Å². The molecule has 8 nitrogen and oxygen atoms in total. The van der Waals surface area contributed by atoms with E-state index < -0.39 is 6.03 Å². The molecule has 1 aromatic heterocycles. The van der Waals surface area contributed by atoms with Gasteiger partial charge in [-0.3, -0.25) is 9.69 Å². The Bertz CT molecular complexity index is 1230. The third-order valence-electron chi connectivity index (χ3n) is 6.52. The molecule has 2 aromatic carbocycles. The number of benzene rings is 2. The van der Waals surface area contributed by atoms with Gasteiger partial charge in [0.15, 0.2) is 0 Å². The highest BCUT2D eigenvalue weighted by Crippen LogP contribution is 2.29. The van der Waals surface area contributed by atoms with E-state index in [1.807, 2.05) is 49.4 Å². The fourth-order valence-electron chi connectivity index (χ4n) is 4.41. The number of amides is 3. The Morgan fingerprint density at radius 1 is 0.949 bits per heavy atom. The average Bonchev–Trinajstić information content (AvgIpc) is 3.35. The van der Waals surface area contributed by atoms with Crippen molar-refractivity contribution in [2.24, 2.45) is 0 Å². The summed E-state index contributed by atoms with van der Waals surface area (Å²) in [5, 5.41) is 3.43. The lowest BCUT2D eigenvalue weighted by Crippen LogP contribution is -2.45. The van der Waals surface area contributed by atoms with Crippen LogP contribution in [0.5, 0.6) is 0 Å². The van der Waals surface area contributed by atoms with Crippen LogP contribution in [0.2, 0.25) is 10.0 Å². The van der Waals surface area contributed by atoms with Crippen molar-refractivity contribution in [3.8, 4) is 0 Å². The second kappa shape index (κ2) is 14.4. The molecule has 4 rings (SSSR count). The highest BCUT2D eigenvalue weighted by Gasteiger charge is 2.24. The van der Waals surface area contributed by atoms with Crippen LogP contribution < -0.4 is 5.32 Å². The normalized spacial score (nSPS) is 13.7. The number of nitrogens with zero attached hydrogens (tertiary/aromatic N) is 3. The van der Waals surface area contributed by atoms with E-state index in [0.29, 0.717) is 55.7 Å². The van der Waals surface area contributed by atoms with E-state index in [4.69, 9.17) is 32.4 Å². The van der Waals surface area contributed by atoms with Crippen molar-refractivity contribution in [1.29, 1.82) is 0 Å². The van der Waals surface area contributed by atoms with Gasteiger partial charge in [-0.15, -0.1) is 0 Å². The highest BCUT2D eigenvalue weighted by atomic mass is 35.5. The van der Waals surface area contributed by atoms with Crippen LogP contribution in [0.1, 0.15) is 23.5 Å². The number of hydrogen-bond donors (Lipinski definition) is 1. The Morgan fingerprint density at radius 2 is 1.72 bits per heavy atom. The molecule has 1 aliphatic rings. The molecule has 0 spiro atoms. The molecule has 39 heavy (non-hydrogen) atoms. The van der Waals surface area contributed by atoms with Gasteiger partial charge in [0.05, 0.1) is 35.5 Å². The number of anilines is 1. The van der Waals surface area contributed by atoms with Crippen LogP contribution in [-0.2, 0) is 22.6 Å². The van der Waals surface area contributed by atoms with Crippen LogP contribution in [0.3, 0.4) is 0 Å². The van der Waals surface area contributed by atoms with Gasteiger partial charge < -0.3 is 24.3 Å². The van der Waals surface area contributed by atoms with Gasteiger partial charge in [0.25, 0.3) is 0 Å². The fourth-order valence-corrected chi connectivity index (χ4v) is 4.76. The molecule has 3 aromatic rings. The largest absolute Gasteiger partial charge is 0.464 e. The minimum absolute atomic E-state index is 0.0976. The van der Waals surface area contributed by atoms with Crippen LogP contribution in [0.15, 0.2) is 65.1 Å². The third kappa shape index (κ3) is 8.73. The number of urea groups is 1. The zero-order chi connectivity index (χ0) is 27.6. The predicted molar refractivity (Wildman–Crippen MR) is 153 cm³/mol. The lowest BCUT2D eigenvalue weighted by Gasteiger charge is -2.30. The topological polar surface area (TPSA) is 78.3 Å². The monoisotopic (exact) mass is 572 g/mol. The second-order valence-electron chi connectivity index (χ2n) is 9.51. The number of ether oxygens (including phenoxy) is 1. The maximum atomic E-state index is 13.7. The molecule has 0 unspecified atom stereocenters. The molecular weight excluding hydrogens is 539 g/mol. The van der Waals surface area contributed by atoms with Crippen molar-refractivity contribution >= 4 is 40.8 Å². The Kier molecular flexibility index (Phi) is 10.7. The van der Waals surface area contributed by atoms with Crippen LogP contribution >= 0.6 is 23.2 Å². The van der Waals surface area contributed by atoms with Gasteiger partial charge in [-0.1, -0.05) is 59.6 Å². The number of halogens is 2. The van der Waals surface area contributed by atoms with Gasteiger partial charge in [-0.25, -0.2) is 4.79 Å². The van der Waals surface area contributed by atoms with E-state index in [9.17, 15) is 9.59 Å². The molecule has 208 valence electrons. The van der Waals surface area contributed by atoms with E-state index in [0.717, 1.165) is 31.0 Å². The molecule has 1 fully saturated rings. The molecule has 0 radical (unpaired) electrons. The average molecular weight is 574 g/mol. The second-order valence-corrected chi connectivity index (χ2v) is 10.3. The number of aryl methyl sites for hydroxylation is 1. The van der Waals surface area contributed by atoms with Crippen molar-refractivity contribution in [1.82, 2.24) is 14.7 Å². The maximum absolute atomic E-state index is 13.7. The summed E-state index contributed by atoms with van der Waals surface area (Å²) in [5.74, 6) is 1.28. The van der Waals surface area contributed by atoms with Crippen molar-refractivity contribution in [2.45, 2.75) is 26.4 Å². The summed E-state index contributed by atoms with van der Waals surface area (Å²) in [7, 11) is 0. The number of nitrogens with one attached hydrogen (secondary N) is 1. The summed E-state index contributed by atoms with van der Waals surface area (Å²) < 4.78 is 11.2. The first kappa shape index (κ1) is 29.0. The quantitative estimate of drug-likeness (QED) is 0.320. The Morgan fingerprint density at radius 3 is 2.44 bits per heavy atom. The molecule has 0 saturated carbocycles. The molecule has 0 bridgehead atoms. The maximum Gasteiger partial charge on any atom is 0.322 e. The highest BCUT2D eigenvalue weighted by molar-refractivity contribution is 6.43. The van der Waals surface area contributed by atoms with Gasteiger partial charge in [-0.2, -0.15) is 0 Å². The van der Waals surface area contributed by atoms with Gasteiger partial charge in [-0.05, 0) is 43.2 Å². The first-order valence-electron chi connectivity index (χ1n) is 13.1. The summed E-state index contributed by atoms with van der Waals surface area (Å²) in [6.45, 7) is 6.78. The lowest BCUT2D eigenvalue weighted by atomic mass is 10.2. The SMILES string of the molecule is Cc1ccc(CN(Cc2ccccc2)C(=O)CN(CCCN2CCOCC2)C(=O)Nc2cccc(Cl)c2Cl)o1. The number of furan rings is 1. The number of carbonyl (C=O) groups excluding carboxylic acids is 2. The molecule has 0 atom stereocenters. The molecule has 0 aliphatic carbocycles. The minimum atomic E-state index is -0.414. The van der Waals surface area contributed by atoms with Crippen LogP contribution in [-0.4, -0.2) is 72.6 Å². The molecule has 1 aliphatic heterocycles. The van der Waals surface area contributed by atoms with Crippen molar-refractivity contribution in [2.75, 3.05) is 51.3 Å². The van der Waals surface area contributed by atoms with Crippen LogP contribution in [0.25, 0.3) is 0 Å². The molecule has 3 amide bonds. The summed E-state index contributed by atoms with van der Waals surface area (Å²) >= 11 is 12.5. The zero-order valence-corrected chi connectivity index (χ0v) is 23.6. The standard InChI is InChI=1S/C29H34Cl2N4O4/c1-22-11-12-24(39-22)20-35(19-23-7-3-2-4-8-23)27(36)21-34(14-6-13-33-15-17-38-18-16-33)29(37)32-26-10-5-9-25(30)28(26)31/h2-5,7-12H,6,13-21H2,1H3,(H,32,37). The Labute approximate surface area is 239 Å². The van der Waals surface area contributed by atoms with E-state index >= 15 is 0 Å². The summed E-state index contributed by atoms with van der Waals surface area (Å²) in [5.41, 5.74) is 1.38. The molecular formula is C29H34Cl2N4O4. The molecule has 1 N–H and O–H groups in total. The summed E-state index contributed by atoms with van der Waals surface area (Å²) in [4.78, 5) is 32.7. The zero-order valence-electron chi connectivity index (χ0n) is 22.1. The molecule has 10 heteroatoms. The van der Waals surface area contributed by atoms with E-state index in [2.05, 4.69) is 10.2 Å². The van der Waals surface area contributed by atoms with Gasteiger partial charge in [0, 0.05) is 32.7 Å². The lowest BCUT2D eigenvalue weighted by molar-refractivity contribution is -0.133. The Hall–Kier alpha value is -3.04. The molecule has 2 heterocycles. The van der Waals surface area contributed by atoms with Gasteiger partial charge >= 0.3 is 6.03 Å². The smallest absolute Gasteiger partial charge is 0.322 e. The number of morpholine rings is 1. The van der Waals surface area contributed by atoms with Gasteiger partial charge in [0.2, 0.25) is 5.91 Å². The van der Waals surface area contributed by atoms with Gasteiger partial charge in [0.1, 0.15) is 18.1 Å². The first-order chi connectivity index (χ1) is 18.9. The Balaban J connectivity index is 1.49. The van der Waals surface area contributed by atoms with Crippen LogP contribution in [0, 0.1) is 6.92 Å². The first-order valence-corrected chi connectivity index (χ1v) is 13.8. The number of carbonyl (C=O) groups is 2. The minimum Gasteiger partial charge on any atom is -0.464 e. The summed E-state index contributed by atoms with van der Waals surface area (Å²) in [6.07, 6.45) is 0.708. The van der Waals surface area contributed by atoms with E-state index in [-0.39, 0.29) is 17.5 Å². The predicted octanol–water partition coefficient (Wildman–Crippen LogP) is 5.68. The molecule has 1 saturated heterocycles. The third-order valence-corrected chi connectivity index (χ3v) is 7.34. The fraction of sp³-hybridized carbons (Fsp3) is 0.379. The van der Waals surface area contributed by atoms with Crippen molar-refractivity contribution in [3.63, 3.8) is 0 Å². The number of hydrogen-bond acceptors (Lipinski definition) is 5. The number of rotatable bonds is 11. The van der Waals surface area contributed by atoms with E-state index in [1.54, 1.807) is 23.1 Å².